The molecule has 0 aliphatic carbocycles. The lowest BCUT2D eigenvalue weighted by Gasteiger charge is -2.10. The topological polar surface area (TPSA) is 55.1 Å². The van der Waals surface area contributed by atoms with E-state index in [0.717, 1.165) is 5.75 Å². The van der Waals surface area contributed by atoms with Gasteiger partial charge in [0.15, 0.2) is 0 Å². The first-order chi connectivity index (χ1) is 6.07. The van der Waals surface area contributed by atoms with Crippen molar-refractivity contribution in [2.24, 2.45) is 5.73 Å². The number of rotatable bonds is 6. The summed E-state index contributed by atoms with van der Waals surface area (Å²) < 4.78 is 23.3. The average molecular weight is 212 g/mol. The summed E-state index contributed by atoms with van der Waals surface area (Å²) in [6.07, 6.45) is -0.114. The van der Waals surface area contributed by atoms with E-state index in [9.17, 15) is 13.6 Å². The van der Waals surface area contributed by atoms with Crippen LogP contribution >= 0.6 is 11.8 Å². The number of alkyl halides is 2. The highest BCUT2D eigenvalue weighted by Crippen LogP contribution is 1.98. The summed E-state index contributed by atoms with van der Waals surface area (Å²) >= 11 is 1.56. The molecule has 0 bridgehead atoms. The number of hydrogen-bond acceptors (Lipinski definition) is 3. The van der Waals surface area contributed by atoms with E-state index in [1.807, 2.05) is 6.26 Å². The third-order valence-corrected chi connectivity index (χ3v) is 2.04. The van der Waals surface area contributed by atoms with Crippen molar-refractivity contribution in [2.45, 2.75) is 18.9 Å². The van der Waals surface area contributed by atoms with Gasteiger partial charge >= 0.3 is 0 Å². The lowest BCUT2D eigenvalue weighted by atomic mass is 10.2. The molecule has 78 valence electrons. The Bertz CT molecular complexity index is 157. The van der Waals surface area contributed by atoms with Crippen molar-refractivity contribution in [1.82, 2.24) is 5.32 Å². The third kappa shape index (κ3) is 6.77. The molecule has 0 aromatic carbocycles. The van der Waals surface area contributed by atoms with E-state index < -0.39 is 24.9 Å². The van der Waals surface area contributed by atoms with Gasteiger partial charge in [0.1, 0.15) is 0 Å². The number of nitrogens with two attached hydrogens (primary N) is 1. The van der Waals surface area contributed by atoms with Crippen molar-refractivity contribution in [3.63, 3.8) is 0 Å². The molecule has 3 nitrogen and oxygen atoms in total. The molecule has 0 saturated carbocycles. The van der Waals surface area contributed by atoms with Crippen LogP contribution in [0.5, 0.6) is 0 Å². The van der Waals surface area contributed by atoms with E-state index in [4.69, 9.17) is 5.73 Å². The minimum atomic E-state index is -2.52. The Labute approximate surface area is 80.4 Å². The molecule has 0 aromatic rings. The maximum absolute atomic E-state index is 11.7. The number of amides is 1. The van der Waals surface area contributed by atoms with Crippen molar-refractivity contribution >= 4 is 17.7 Å². The second kappa shape index (κ2) is 7.08. The van der Waals surface area contributed by atoms with Crippen molar-refractivity contribution in [1.29, 1.82) is 0 Å². The smallest absolute Gasteiger partial charge is 0.255 e. The van der Waals surface area contributed by atoms with E-state index in [0.29, 0.717) is 6.42 Å². The first kappa shape index (κ1) is 12.6. The first-order valence-corrected chi connectivity index (χ1v) is 5.27. The highest BCUT2D eigenvalue weighted by molar-refractivity contribution is 7.98. The van der Waals surface area contributed by atoms with E-state index in [-0.39, 0.29) is 0 Å². The molecular weight excluding hydrogens is 198 g/mol. The molecule has 1 atom stereocenters. The van der Waals surface area contributed by atoms with E-state index in [2.05, 4.69) is 5.32 Å². The van der Waals surface area contributed by atoms with Gasteiger partial charge in [-0.15, -0.1) is 0 Å². The number of nitrogens with one attached hydrogen (secondary N) is 1. The minimum absolute atomic E-state index is 0.505. The Balaban J connectivity index is 3.57. The Hall–Kier alpha value is -0.360. The van der Waals surface area contributed by atoms with Gasteiger partial charge in [-0.25, -0.2) is 8.78 Å². The number of hydrogen-bond donors (Lipinski definition) is 2. The van der Waals surface area contributed by atoms with Gasteiger partial charge in [-0.3, -0.25) is 4.79 Å². The van der Waals surface area contributed by atoms with Crippen LogP contribution in [0.4, 0.5) is 8.78 Å². The Morgan fingerprint density at radius 1 is 1.62 bits per heavy atom. The summed E-state index contributed by atoms with van der Waals surface area (Å²) in [7, 11) is 0. The van der Waals surface area contributed by atoms with Crippen LogP contribution in [0, 0.1) is 0 Å². The van der Waals surface area contributed by atoms with Crippen LogP contribution in [0.15, 0.2) is 0 Å². The molecule has 0 aliphatic rings. The summed E-state index contributed by atoms with van der Waals surface area (Å²) in [4.78, 5) is 11.0. The monoisotopic (exact) mass is 212 g/mol. The molecule has 6 heteroatoms. The highest BCUT2D eigenvalue weighted by Gasteiger charge is 2.13. The molecule has 0 aliphatic heterocycles. The zero-order chi connectivity index (χ0) is 10.3. The second-order valence-corrected chi connectivity index (χ2v) is 3.51. The predicted octanol–water partition coefficient (Wildman–Crippen LogP) is 0.448. The second-order valence-electron chi connectivity index (χ2n) is 2.52. The van der Waals surface area contributed by atoms with Crippen LogP contribution < -0.4 is 11.1 Å². The maximum Gasteiger partial charge on any atom is 0.255 e. The number of thioether (sulfide) groups is 1. The lowest BCUT2D eigenvalue weighted by Crippen LogP contribution is -2.42. The molecule has 0 rings (SSSR count). The van der Waals surface area contributed by atoms with Gasteiger partial charge in [-0.05, 0) is 18.4 Å². The molecule has 1 amide bonds. The average Bonchev–Trinajstić information content (AvgIpc) is 2.10. The quantitative estimate of drug-likeness (QED) is 0.672. The van der Waals surface area contributed by atoms with Crippen LogP contribution in [0.3, 0.4) is 0 Å². The lowest BCUT2D eigenvalue weighted by molar-refractivity contribution is -0.123. The van der Waals surface area contributed by atoms with Gasteiger partial charge in [0.05, 0.1) is 12.6 Å². The van der Waals surface area contributed by atoms with Gasteiger partial charge in [0.2, 0.25) is 5.91 Å². The number of carbonyl (C=O) groups is 1. The first-order valence-electron chi connectivity index (χ1n) is 3.88. The molecular formula is C7H14F2N2OS. The maximum atomic E-state index is 11.7. The van der Waals surface area contributed by atoms with Gasteiger partial charge < -0.3 is 11.1 Å². The van der Waals surface area contributed by atoms with Crippen molar-refractivity contribution in [2.75, 3.05) is 18.6 Å². The van der Waals surface area contributed by atoms with Crippen LogP contribution in [-0.2, 0) is 4.79 Å². The predicted molar refractivity (Wildman–Crippen MR) is 50.0 cm³/mol. The van der Waals surface area contributed by atoms with E-state index in [1.54, 1.807) is 11.8 Å². The van der Waals surface area contributed by atoms with Gasteiger partial charge in [-0.1, -0.05) is 0 Å². The molecule has 0 unspecified atom stereocenters. The SMILES string of the molecule is CSCC[C@@H](N)C(=O)NCC(F)F. The van der Waals surface area contributed by atoms with Crippen LogP contribution in [0.2, 0.25) is 0 Å². The Morgan fingerprint density at radius 2 is 2.23 bits per heavy atom. The third-order valence-electron chi connectivity index (χ3n) is 1.40. The molecule has 0 heterocycles. The van der Waals surface area contributed by atoms with E-state index >= 15 is 0 Å². The van der Waals surface area contributed by atoms with Crippen LogP contribution in [0.1, 0.15) is 6.42 Å². The van der Waals surface area contributed by atoms with Gasteiger partial charge in [-0.2, -0.15) is 11.8 Å². The van der Waals surface area contributed by atoms with Gasteiger partial charge in [0, 0.05) is 0 Å². The van der Waals surface area contributed by atoms with Gasteiger partial charge in [0.25, 0.3) is 6.43 Å². The van der Waals surface area contributed by atoms with Crippen molar-refractivity contribution < 1.29 is 13.6 Å². The summed E-state index contributed by atoms with van der Waals surface area (Å²) in [5.41, 5.74) is 5.42. The Morgan fingerprint density at radius 3 is 2.69 bits per heavy atom. The van der Waals surface area contributed by atoms with E-state index in [1.165, 1.54) is 0 Å². The normalized spacial score (nSPS) is 13.0. The fourth-order valence-electron chi connectivity index (χ4n) is 0.685. The fourth-order valence-corrected chi connectivity index (χ4v) is 1.17. The minimum Gasteiger partial charge on any atom is -0.349 e. The summed E-state index contributed by atoms with van der Waals surface area (Å²) in [5, 5.41) is 2.07. The van der Waals surface area contributed by atoms with Crippen LogP contribution in [-0.4, -0.2) is 36.9 Å². The summed E-state index contributed by atoms with van der Waals surface area (Å²) in [6.45, 7) is -0.619. The zero-order valence-electron chi connectivity index (χ0n) is 7.43. The molecule has 0 spiro atoms. The molecule has 0 saturated heterocycles. The molecule has 3 N–H and O–H groups in total. The molecule has 0 fully saturated rings. The molecule has 13 heavy (non-hydrogen) atoms. The molecule has 0 radical (unpaired) electrons. The summed E-state index contributed by atoms with van der Waals surface area (Å²) in [6, 6.07) is -0.675. The number of halogens is 2. The molecule has 0 aromatic heterocycles. The highest BCUT2D eigenvalue weighted by atomic mass is 32.2. The van der Waals surface area contributed by atoms with Crippen molar-refractivity contribution in [3.05, 3.63) is 0 Å². The zero-order valence-corrected chi connectivity index (χ0v) is 8.24. The summed E-state index contributed by atoms with van der Waals surface area (Å²) in [5.74, 6) is 0.248. The number of carbonyl (C=O) groups excluding carboxylic acids is 1. The largest absolute Gasteiger partial charge is 0.349 e. The van der Waals surface area contributed by atoms with Crippen LogP contribution in [0.25, 0.3) is 0 Å². The Kier molecular flexibility index (Phi) is 6.89. The standard InChI is InChI=1S/C7H14F2N2OS/c1-13-3-2-5(10)7(12)11-4-6(8)9/h5-6H,2-4,10H2,1H3,(H,11,12)/t5-/m1/s1. The van der Waals surface area contributed by atoms with Crippen molar-refractivity contribution in [3.8, 4) is 0 Å². The fraction of sp³-hybridized carbons (Fsp3) is 0.857.